The lowest BCUT2D eigenvalue weighted by Crippen LogP contribution is -2.35. The molecule has 2 aromatic rings. The summed E-state index contributed by atoms with van der Waals surface area (Å²) in [6, 6.07) is 3.02. The molecule has 2 aromatic heterocycles. The molecule has 8 heteroatoms. The average molecular weight is 357 g/mol. The second-order valence-electron chi connectivity index (χ2n) is 6.90. The van der Waals surface area contributed by atoms with Crippen LogP contribution in [0.5, 0.6) is 0 Å². The van der Waals surface area contributed by atoms with Gasteiger partial charge < -0.3 is 5.32 Å². The van der Waals surface area contributed by atoms with Gasteiger partial charge in [-0.3, -0.25) is 23.5 Å². The Labute approximate surface area is 150 Å². The third kappa shape index (κ3) is 4.44. The number of hydrogen-bond acceptors (Lipinski definition) is 5. The van der Waals surface area contributed by atoms with Crippen LogP contribution < -0.4 is 16.4 Å². The summed E-state index contributed by atoms with van der Waals surface area (Å²) in [5.74, 6) is 0.289. The zero-order chi connectivity index (χ0) is 18.7. The summed E-state index contributed by atoms with van der Waals surface area (Å²) in [4.78, 5) is 44.5. The summed E-state index contributed by atoms with van der Waals surface area (Å²) in [6.07, 6.45) is 5.11. The van der Waals surface area contributed by atoms with E-state index >= 15 is 0 Å². The van der Waals surface area contributed by atoms with Crippen LogP contribution in [0.3, 0.4) is 0 Å². The first kappa shape index (κ1) is 18.0. The Balaban J connectivity index is 1.51. The lowest BCUT2D eigenvalue weighted by atomic mass is 10.1. The van der Waals surface area contributed by atoms with Crippen molar-refractivity contribution >= 4 is 5.91 Å². The van der Waals surface area contributed by atoms with Gasteiger partial charge in [0.2, 0.25) is 5.91 Å². The maximum atomic E-state index is 12.0. The fraction of sp³-hybridized carbons (Fsp3) is 0.500. The second kappa shape index (κ2) is 7.63. The molecule has 138 valence electrons. The van der Waals surface area contributed by atoms with Crippen molar-refractivity contribution in [2.45, 2.75) is 51.6 Å². The van der Waals surface area contributed by atoms with E-state index in [-0.39, 0.29) is 36.0 Å². The van der Waals surface area contributed by atoms with E-state index in [0.717, 1.165) is 18.5 Å². The Morgan fingerprint density at radius 2 is 1.85 bits per heavy atom. The van der Waals surface area contributed by atoms with Crippen molar-refractivity contribution in [2.75, 3.05) is 6.54 Å². The first-order chi connectivity index (χ1) is 12.4. The molecule has 0 saturated heterocycles. The van der Waals surface area contributed by atoms with E-state index in [4.69, 9.17) is 0 Å². The summed E-state index contributed by atoms with van der Waals surface area (Å²) in [6.45, 7) is 4.43. The van der Waals surface area contributed by atoms with Crippen LogP contribution in [-0.2, 0) is 17.9 Å². The number of hydrogen-bond donors (Lipinski definition) is 1. The van der Waals surface area contributed by atoms with Gasteiger partial charge in [0.1, 0.15) is 6.54 Å². The van der Waals surface area contributed by atoms with Crippen LogP contribution in [0.1, 0.15) is 49.9 Å². The van der Waals surface area contributed by atoms with Gasteiger partial charge in [-0.25, -0.2) is 9.97 Å². The summed E-state index contributed by atoms with van der Waals surface area (Å²) in [5, 5.41) is 2.71. The van der Waals surface area contributed by atoms with Crippen LogP contribution in [0, 0.1) is 0 Å². The van der Waals surface area contributed by atoms with Gasteiger partial charge >= 0.3 is 0 Å². The molecule has 1 amide bonds. The van der Waals surface area contributed by atoms with Crippen molar-refractivity contribution in [1.82, 2.24) is 24.4 Å². The molecule has 3 rings (SSSR count). The van der Waals surface area contributed by atoms with Crippen molar-refractivity contribution in [2.24, 2.45) is 0 Å². The molecule has 1 saturated carbocycles. The molecule has 26 heavy (non-hydrogen) atoms. The van der Waals surface area contributed by atoms with E-state index in [0.29, 0.717) is 18.2 Å². The van der Waals surface area contributed by atoms with Crippen molar-refractivity contribution in [3.8, 4) is 0 Å². The molecule has 0 aromatic carbocycles. The van der Waals surface area contributed by atoms with E-state index in [9.17, 15) is 14.4 Å². The number of nitrogens with zero attached hydrogens (tertiary/aromatic N) is 4. The largest absolute Gasteiger partial charge is 0.353 e. The van der Waals surface area contributed by atoms with Crippen molar-refractivity contribution in [3.05, 3.63) is 56.9 Å². The molecule has 1 aliphatic rings. The SMILES string of the molecule is CC(C)c1cc(=O)n(CC(=O)NCCn2cnc(C3CC3)cc2=O)cn1. The van der Waals surface area contributed by atoms with Gasteiger partial charge in [0.15, 0.2) is 0 Å². The number of carbonyl (C=O) groups excluding carboxylic acids is 1. The van der Waals surface area contributed by atoms with Gasteiger partial charge in [0.05, 0.1) is 24.0 Å². The highest BCUT2D eigenvalue weighted by Gasteiger charge is 2.25. The van der Waals surface area contributed by atoms with Crippen LogP contribution in [0.4, 0.5) is 0 Å². The van der Waals surface area contributed by atoms with Gasteiger partial charge in [-0.1, -0.05) is 13.8 Å². The maximum absolute atomic E-state index is 12.0. The maximum Gasteiger partial charge on any atom is 0.254 e. The molecule has 8 nitrogen and oxygen atoms in total. The van der Waals surface area contributed by atoms with Gasteiger partial charge in [-0.2, -0.15) is 0 Å². The van der Waals surface area contributed by atoms with Crippen LogP contribution >= 0.6 is 0 Å². The van der Waals surface area contributed by atoms with E-state index in [2.05, 4.69) is 15.3 Å². The molecule has 0 unspecified atom stereocenters. The van der Waals surface area contributed by atoms with Gasteiger partial charge in [-0.15, -0.1) is 0 Å². The molecular formula is C18H23N5O3. The molecule has 0 aliphatic heterocycles. The monoisotopic (exact) mass is 357 g/mol. The summed E-state index contributed by atoms with van der Waals surface area (Å²) >= 11 is 0. The van der Waals surface area contributed by atoms with Crippen LogP contribution in [0.15, 0.2) is 34.4 Å². The van der Waals surface area contributed by atoms with Crippen LogP contribution in [0.25, 0.3) is 0 Å². The average Bonchev–Trinajstić information content (AvgIpc) is 3.43. The summed E-state index contributed by atoms with van der Waals surface area (Å²) < 4.78 is 2.73. The predicted octanol–water partition coefficient (Wildman–Crippen LogP) is 0.617. The Bertz CT molecular complexity index is 912. The molecule has 2 heterocycles. The molecular weight excluding hydrogens is 334 g/mol. The quantitative estimate of drug-likeness (QED) is 0.783. The van der Waals surface area contributed by atoms with Crippen LogP contribution in [-0.4, -0.2) is 31.6 Å². The lowest BCUT2D eigenvalue weighted by molar-refractivity contribution is -0.121. The minimum absolute atomic E-state index is 0.0992. The van der Waals surface area contributed by atoms with Gasteiger partial charge in [0.25, 0.3) is 11.1 Å². The summed E-state index contributed by atoms with van der Waals surface area (Å²) in [7, 11) is 0. The van der Waals surface area contributed by atoms with E-state index in [1.54, 1.807) is 6.07 Å². The second-order valence-corrected chi connectivity index (χ2v) is 6.90. The van der Waals surface area contributed by atoms with E-state index in [1.165, 1.54) is 27.9 Å². The van der Waals surface area contributed by atoms with Crippen molar-refractivity contribution in [1.29, 1.82) is 0 Å². The summed E-state index contributed by atoms with van der Waals surface area (Å²) in [5.41, 5.74) is 1.19. The van der Waals surface area contributed by atoms with Gasteiger partial charge in [-0.05, 0) is 18.8 Å². The highest BCUT2D eigenvalue weighted by molar-refractivity contribution is 5.75. The first-order valence-electron chi connectivity index (χ1n) is 8.83. The minimum atomic E-state index is -0.304. The Morgan fingerprint density at radius 1 is 1.15 bits per heavy atom. The van der Waals surface area contributed by atoms with Crippen molar-refractivity contribution < 1.29 is 4.79 Å². The molecule has 0 bridgehead atoms. The molecule has 0 radical (unpaired) electrons. The van der Waals surface area contributed by atoms with E-state index < -0.39 is 0 Å². The fourth-order valence-electron chi connectivity index (χ4n) is 2.61. The van der Waals surface area contributed by atoms with Crippen molar-refractivity contribution in [3.63, 3.8) is 0 Å². The lowest BCUT2D eigenvalue weighted by Gasteiger charge is -2.10. The molecule has 1 aliphatic carbocycles. The normalized spacial score (nSPS) is 13.8. The zero-order valence-electron chi connectivity index (χ0n) is 15.0. The number of aromatic nitrogens is 4. The Morgan fingerprint density at radius 3 is 2.46 bits per heavy atom. The van der Waals surface area contributed by atoms with Crippen LogP contribution in [0.2, 0.25) is 0 Å². The standard InChI is InChI=1S/C18H23N5O3/c1-12(2)14-7-18(26)23(11-20-14)9-16(24)19-5-6-22-10-21-15(8-17(22)25)13-3-4-13/h7-8,10-13H,3-6,9H2,1-2H3,(H,19,24). The highest BCUT2D eigenvalue weighted by atomic mass is 16.2. The Hall–Kier alpha value is -2.77. The molecule has 1 fully saturated rings. The third-order valence-electron chi connectivity index (χ3n) is 4.38. The molecule has 0 atom stereocenters. The Kier molecular flexibility index (Phi) is 5.29. The number of carbonyl (C=O) groups is 1. The number of nitrogens with one attached hydrogen (secondary N) is 1. The smallest absolute Gasteiger partial charge is 0.254 e. The number of rotatable bonds is 7. The number of amides is 1. The molecule has 0 spiro atoms. The fourth-order valence-corrected chi connectivity index (χ4v) is 2.61. The highest BCUT2D eigenvalue weighted by Crippen LogP contribution is 2.38. The predicted molar refractivity (Wildman–Crippen MR) is 96.1 cm³/mol. The van der Waals surface area contributed by atoms with E-state index in [1.807, 2.05) is 13.8 Å². The van der Waals surface area contributed by atoms with Gasteiger partial charge in [0, 0.05) is 31.1 Å². The minimum Gasteiger partial charge on any atom is -0.353 e. The zero-order valence-corrected chi connectivity index (χ0v) is 15.0. The third-order valence-corrected chi connectivity index (χ3v) is 4.38. The molecule has 1 N–H and O–H groups in total. The first-order valence-corrected chi connectivity index (χ1v) is 8.83. The topological polar surface area (TPSA) is 98.9 Å².